The Labute approximate surface area is 143 Å². The van der Waals surface area contributed by atoms with Crippen LogP contribution in [0.5, 0.6) is 0 Å². The molecular weight excluding hydrogens is 322 g/mol. The number of carbonyl (C=O) groups is 3. The van der Waals surface area contributed by atoms with Crippen LogP contribution in [0.3, 0.4) is 0 Å². The lowest BCUT2D eigenvalue weighted by molar-refractivity contribution is -0.119. The number of anilines is 1. The van der Waals surface area contributed by atoms with Gasteiger partial charge in [-0.05, 0) is 19.1 Å². The van der Waals surface area contributed by atoms with Gasteiger partial charge in [0.25, 0.3) is 11.8 Å². The molecule has 0 aliphatic carbocycles. The predicted octanol–water partition coefficient (Wildman–Crippen LogP) is 0.679. The molecule has 1 aromatic carbocycles. The van der Waals surface area contributed by atoms with Crippen LogP contribution < -0.4 is 10.6 Å². The Morgan fingerprint density at radius 1 is 1.24 bits per heavy atom. The molecule has 0 bridgehead atoms. The molecule has 1 atom stereocenters. The molecule has 3 amide bonds. The first-order valence-corrected chi connectivity index (χ1v) is 8.12. The predicted molar refractivity (Wildman–Crippen MR) is 89.0 cm³/mol. The smallest absolute Gasteiger partial charge is 0.262 e. The van der Waals surface area contributed by atoms with E-state index in [2.05, 4.69) is 20.8 Å². The zero-order valence-corrected chi connectivity index (χ0v) is 13.6. The fourth-order valence-electron chi connectivity index (χ4n) is 3.23. The van der Waals surface area contributed by atoms with Crippen LogP contribution in [0.1, 0.15) is 38.9 Å². The number of H-pyrrole nitrogens is 1. The van der Waals surface area contributed by atoms with Crippen LogP contribution >= 0.6 is 0 Å². The lowest BCUT2D eigenvalue weighted by atomic mass is 10.1. The first-order valence-electron chi connectivity index (χ1n) is 8.12. The lowest BCUT2D eigenvalue weighted by Gasteiger charge is -2.21. The first-order chi connectivity index (χ1) is 12.1. The van der Waals surface area contributed by atoms with Gasteiger partial charge in [0.2, 0.25) is 5.91 Å². The Balaban J connectivity index is 1.55. The minimum Gasteiger partial charge on any atom is -0.312 e. The van der Waals surface area contributed by atoms with Gasteiger partial charge in [-0.3, -0.25) is 24.4 Å². The van der Waals surface area contributed by atoms with Gasteiger partial charge in [0.15, 0.2) is 5.82 Å². The monoisotopic (exact) mass is 339 g/mol. The molecule has 8 nitrogen and oxygen atoms in total. The molecule has 3 N–H and O–H groups in total. The highest BCUT2D eigenvalue weighted by molar-refractivity contribution is 6.23. The minimum atomic E-state index is -0.934. The van der Waals surface area contributed by atoms with E-state index in [0.717, 1.165) is 29.1 Å². The molecule has 1 aromatic heterocycles. The third-order valence-corrected chi connectivity index (χ3v) is 4.64. The Bertz CT molecular complexity index is 853. The molecule has 8 heteroatoms. The van der Waals surface area contributed by atoms with Crippen molar-refractivity contribution < 1.29 is 14.4 Å². The number of nitrogens with one attached hydrogen (secondary N) is 3. The topological polar surface area (TPSA) is 107 Å². The normalized spacial score (nSPS) is 17.2. The van der Waals surface area contributed by atoms with Gasteiger partial charge in [0, 0.05) is 30.8 Å². The maximum absolute atomic E-state index is 12.6. The van der Waals surface area contributed by atoms with Gasteiger partial charge in [-0.25, -0.2) is 0 Å². The molecule has 4 rings (SSSR count). The molecule has 0 saturated heterocycles. The number of aromatic nitrogens is 2. The molecule has 128 valence electrons. The maximum Gasteiger partial charge on any atom is 0.262 e. The second-order valence-electron chi connectivity index (χ2n) is 6.15. The fraction of sp³-hybridized carbons (Fsp3) is 0.294. The number of carbonyl (C=O) groups excluding carboxylic acids is 3. The van der Waals surface area contributed by atoms with Crippen molar-refractivity contribution in [2.24, 2.45) is 0 Å². The SMILES string of the molecule is CC(C(=O)Nc1n[nH]c2c1CNCC2)N1C(=O)c2ccccc2C1=O. The van der Waals surface area contributed by atoms with E-state index in [0.29, 0.717) is 23.5 Å². The lowest BCUT2D eigenvalue weighted by Crippen LogP contribution is -2.45. The van der Waals surface area contributed by atoms with Gasteiger partial charge in [-0.2, -0.15) is 5.10 Å². The average molecular weight is 339 g/mol. The molecule has 25 heavy (non-hydrogen) atoms. The van der Waals surface area contributed by atoms with E-state index in [4.69, 9.17) is 0 Å². The van der Waals surface area contributed by atoms with Gasteiger partial charge < -0.3 is 10.6 Å². The zero-order chi connectivity index (χ0) is 17.6. The van der Waals surface area contributed by atoms with E-state index in [9.17, 15) is 14.4 Å². The summed E-state index contributed by atoms with van der Waals surface area (Å²) < 4.78 is 0. The van der Waals surface area contributed by atoms with Crippen molar-refractivity contribution in [1.82, 2.24) is 20.4 Å². The fourth-order valence-corrected chi connectivity index (χ4v) is 3.23. The van der Waals surface area contributed by atoms with Crippen molar-refractivity contribution in [3.63, 3.8) is 0 Å². The van der Waals surface area contributed by atoms with Crippen LogP contribution in [-0.2, 0) is 17.8 Å². The molecule has 1 unspecified atom stereocenters. The van der Waals surface area contributed by atoms with E-state index in [1.54, 1.807) is 24.3 Å². The van der Waals surface area contributed by atoms with E-state index in [-0.39, 0.29) is 0 Å². The number of fused-ring (bicyclic) bond motifs is 2. The number of nitrogens with zero attached hydrogens (tertiary/aromatic N) is 2. The van der Waals surface area contributed by atoms with Gasteiger partial charge in [0.1, 0.15) is 6.04 Å². The van der Waals surface area contributed by atoms with E-state index >= 15 is 0 Å². The average Bonchev–Trinajstić information content (AvgIpc) is 3.15. The van der Waals surface area contributed by atoms with Crippen molar-refractivity contribution in [3.05, 3.63) is 46.6 Å². The van der Waals surface area contributed by atoms with Crippen molar-refractivity contribution in [3.8, 4) is 0 Å². The molecule has 0 saturated carbocycles. The van der Waals surface area contributed by atoms with Crippen LogP contribution in [0.4, 0.5) is 5.82 Å². The third kappa shape index (κ3) is 2.42. The van der Waals surface area contributed by atoms with Crippen LogP contribution in [-0.4, -0.2) is 45.4 Å². The van der Waals surface area contributed by atoms with Gasteiger partial charge in [0.05, 0.1) is 11.1 Å². The van der Waals surface area contributed by atoms with Crippen molar-refractivity contribution in [1.29, 1.82) is 0 Å². The molecule has 2 aliphatic heterocycles. The highest BCUT2D eigenvalue weighted by Crippen LogP contribution is 2.25. The standard InChI is InChI=1S/C17H17N5O3/c1-9(22-16(24)10-4-2-3-5-11(10)17(22)25)15(23)19-14-12-8-18-7-6-13(12)20-21-14/h2-5,9,18H,6-8H2,1H3,(H2,19,20,21,23). The summed E-state index contributed by atoms with van der Waals surface area (Å²) in [5.41, 5.74) is 2.55. The van der Waals surface area contributed by atoms with Gasteiger partial charge in [-0.15, -0.1) is 0 Å². The van der Waals surface area contributed by atoms with Crippen molar-refractivity contribution in [2.45, 2.75) is 25.9 Å². The maximum atomic E-state index is 12.6. The van der Waals surface area contributed by atoms with E-state index in [1.807, 2.05) is 0 Å². The number of amides is 3. The number of hydrogen-bond acceptors (Lipinski definition) is 5. The summed E-state index contributed by atoms with van der Waals surface area (Å²) >= 11 is 0. The molecule has 2 aromatic rings. The molecular formula is C17H17N5O3. The highest BCUT2D eigenvalue weighted by atomic mass is 16.2. The number of rotatable bonds is 3. The summed E-state index contributed by atoms with van der Waals surface area (Å²) in [5, 5.41) is 13.0. The number of aromatic amines is 1. The van der Waals surface area contributed by atoms with Gasteiger partial charge >= 0.3 is 0 Å². The Morgan fingerprint density at radius 3 is 2.60 bits per heavy atom. The van der Waals surface area contributed by atoms with Crippen LogP contribution in [0.15, 0.2) is 24.3 Å². The third-order valence-electron chi connectivity index (χ3n) is 4.64. The van der Waals surface area contributed by atoms with Crippen LogP contribution in [0.2, 0.25) is 0 Å². The summed E-state index contributed by atoms with van der Waals surface area (Å²) in [4.78, 5) is 38.6. The highest BCUT2D eigenvalue weighted by Gasteiger charge is 2.40. The second-order valence-corrected chi connectivity index (χ2v) is 6.15. The summed E-state index contributed by atoms with van der Waals surface area (Å²) in [6, 6.07) is 5.64. The summed E-state index contributed by atoms with van der Waals surface area (Å²) in [6.07, 6.45) is 0.812. The van der Waals surface area contributed by atoms with Gasteiger partial charge in [-0.1, -0.05) is 12.1 Å². The van der Waals surface area contributed by atoms with Crippen LogP contribution in [0.25, 0.3) is 0 Å². The number of imide groups is 1. The minimum absolute atomic E-state index is 0.327. The zero-order valence-electron chi connectivity index (χ0n) is 13.6. The van der Waals surface area contributed by atoms with Crippen molar-refractivity contribution in [2.75, 3.05) is 11.9 Å². The Morgan fingerprint density at radius 2 is 1.92 bits per heavy atom. The summed E-state index contributed by atoms with van der Waals surface area (Å²) in [6.45, 7) is 3.01. The van der Waals surface area contributed by atoms with E-state index < -0.39 is 23.8 Å². The molecule has 0 radical (unpaired) electrons. The van der Waals surface area contributed by atoms with E-state index in [1.165, 1.54) is 6.92 Å². The molecule has 0 fully saturated rings. The Hall–Kier alpha value is -3.00. The summed E-state index contributed by atoms with van der Waals surface area (Å²) in [5.74, 6) is -0.909. The van der Waals surface area contributed by atoms with Crippen LogP contribution in [0, 0.1) is 0 Å². The number of hydrogen-bond donors (Lipinski definition) is 3. The summed E-state index contributed by atoms with van der Waals surface area (Å²) in [7, 11) is 0. The van der Waals surface area contributed by atoms with Crippen molar-refractivity contribution >= 4 is 23.5 Å². The Kier molecular flexibility index (Phi) is 3.61. The quantitative estimate of drug-likeness (QED) is 0.713. The molecule has 3 heterocycles. The number of benzene rings is 1. The first kappa shape index (κ1) is 15.5. The largest absolute Gasteiger partial charge is 0.312 e. The molecule has 2 aliphatic rings. The second kappa shape index (κ2) is 5.82. The molecule has 0 spiro atoms.